The molecule has 1 heterocycles. The molecule has 188 valence electrons. The second kappa shape index (κ2) is 10.8. The molecule has 0 radical (unpaired) electrons. The molecule has 3 atom stereocenters. The van der Waals surface area contributed by atoms with Crippen molar-refractivity contribution in [1.82, 2.24) is 5.32 Å². The van der Waals surface area contributed by atoms with Gasteiger partial charge in [-0.1, -0.05) is 48.5 Å². The van der Waals surface area contributed by atoms with Crippen molar-refractivity contribution in [3.05, 3.63) is 88.3 Å². The van der Waals surface area contributed by atoms with E-state index in [0.717, 1.165) is 11.1 Å². The van der Waals surface area contributed by atoms with Crippen molar-refractivity contribution in [2.24, 2.45) is 5.92 Å². The smallest absolute Gasteiger partial charge is 0.336 e. The normalized spacial score (nSPS) is 21.4. The third-order valence-electron chi connectivity index (χ3n) is 6.73. The van der Waals surface area contributed by atoms with Crippen LogP contribution in [0.15, 0.2) is 77.1 Å². The zero-order chi connectivity index (χ0) is 25.8. The Morgan fingerprint density at radius 3 is 2.31 bits per heavy atom. The van der Waals surface area contributed by atoms with Crippen LogP contribution in [0, 0.1) is 5.92 Å². The number of allylic oxidation sites excluding steroid dienone is 3. The van der Waals surface area contributed by atoms with E-state index in [1.807, 2.05) is 61.5 Å². The van der Waals surface area contributed by atoms with Crippen LogP contribution < -0.4 is 10.1 Å². The lowest BCUT2D eigenvalue weighted by Crippen LogP contribution is -2.43. The highest BCUT2D eigenvalue weighted by Gasteiger charge is 2.49. The van der Waals surface area contributed by atoms with E-state index in [0.29, 0.717) is 34.7 Å². The number of carbonyl (C=O) groups is 3. The second-order valence-electron chi connectivity index (χ2n) is 8.77. The van der Waals surface area contributed by atoms with Crippen LogP contribution >= 0.6 is 0 Å². The van der Waals surface area contributed by atoms with Gasteiger partial charge >= 0.3 is 11.9 Å². The predicted octanol–water partition coefficient (Wildman–Crippen LogP) is 4.41. The summed E-state index contributed by atoms with van der Waals surface area (Å²) in [6.45, 7) is 5.63. The van der Waals surface area contributed by atoms with Crippen LogP contribution in [0.25, 0.3) is 0 Å². The Hall–Kier alpha value is -3.87. The molecule has 7 heteroatoms. The minimum atomic E-state index is -1.07. The van der Waals surface area contributed by atoms with Gasteiger partial charge < -0.3 is 19.5 Å². The van der Waals surface area contributed by atoms with E-state index in [1.165, 1.54) is 0 Å². The molecule has 0 bridgehead atoms. The first kappa shape index (κ1) is 25.2. The summed E-state index contributed by atoms with van der Waals surface area (Å²) in [4.78, 5) is 40.6. The summed E-state index contributed by atoms with van der Waals surface area (Å²) >= 11 is 0. The molecule has 2 aromatic carbocycles. The van der Waals surface area contributed by atoms with E-state index >= 15 is 0 Å². The first-order valence-electron chi connectivity index (χ1n) is 12.2. The largest absolute Gasteiger partial charge is 0.496 e. The van der Waals surface area contributed by atoms with Gasteiger partial charge in [0.25, 0.3) is 0 Å². The van der Waals surface area contributed by atoms with Gasteiger partial charge in [0.05, 0.1) is 25.9 Å². The average Bonchev–Trinajstić information content (AvgIpc) is 2.88. The van der Waals surface area contributed by atoms with E-state index in [4.69, 9.17) is 14.2 Å². The topological polar surface area (TPSA) is 90.9 Å². The van der Waals surface area contributed by atoms with E-state index in [2.05, 4.69) is 5.32 Å². The minimum Gasteiger partial charge on any atom is -0.496 e. The molecule has 0 aromatic heterocycles. The average molecular weight is 490 g/mol. The molecule has 0 saturated carbocycles. The van der Waals surface area contributed by atoms with Gasteiger partial charge in [-0.05, 0) is 44.4 Å². The number of ether oxygens (including phenoxy) is 3. The lowest BCUT2D eigenvalue weighted by Gasteiger charge is -2.39. The van der Waals surface area contributed by atoms with Gasteiger partial charge in [-0.3, -0.25) is 9.59 Å². The number of dihydropyridines is 1. The Morgan fingerprint density at radius 1 is 0.972 bits per heavy atom. The van der Waals surface area contributed by atoms with Gasteiger partial charge in [-0.15, -0.1) is 0 Å². The molecule has 0 saturated heterocycles. The zero-order valence-electron chi connectivity index (χ0n) is 21.0. The van der Waals surface area contributed by atoms with Crippen molar-refractivity contribution in [3.63, 3.8) is 0 Å². The number of methoxy groups -OCH3 is 1. The summed E-state index contributed by atoms with van der Waals surface area (Å²) in [6.07, 6.45) is 0.377. The summed E-state index contributed by atoms with van der Waals surface area (Å²) in [7, 11) is 1.57. The van der Waals surface area contributed by atoms with Crippen molar-refractivity contribution in [1.29, 1.82) is 0 Å². The number of hydrogen-bond donors (Lipinski definition) is 1. The van der Waals surface area contributed by atoms with Crippen molar-refractivity contribution in [2.75, 3.05) is 20.3 Å². The first-order chi connectivity index (χ1) is 17.4. The molecule has 4 rings (SSSR count). The fourth-order valence-corrected chi connectivity index (χ4v) is 5.26. The Labute approximate surface area is 211 Å². The third-order valence-corrected chi connectivity index (χ3v) is 6.73. The van der Waals surface area contributed by atoms with Crippen LogP contribution in [0.2, 0.25) is 0 Å². The molecule has 2 aromatic rings. The fraction of sp³-hybridized carbons (Fsp3) is 0.345. The number of para-hydroxylation sites is 1. The van der Waals surface area contributed by atoms with Crippen LogP contribution in [0.5, 0.6) is 5.75 Å². The van der Waals surface area contributed by atoms with Crippen LogP contribution in [0.3, 0.4) is 0 Å². The van der Waals surface area contributed by atoms with Gasteiger partial charge in [-0.25, -0.2) is 4.79 Å². The zero-order valence-corrected chi connectivity index (χ0v) is 21.0. The molecule has 7 nitrogen and oxygen atoms in total. The maximum atomic E-state index is 14.3. The molecule has 1 aliphatic carbocycles. The van der Waals surface area contributed by atoms with E-state index in [-0.39, 0.29) is 19.0 Å². The van der Waals surface area contributed by atoms with Crippen molar-refractivity contribution in [2.45, 2.75) is 39.0 Å². The fourth-order valence-electron chi connectivity index (χ4n) is 5.26. The monoisotopic (exact) mass is 489 g/mol. The Balaban J connectivity index is 1.91. The molecule has 1 aliphatic heterocycles. The minimum absolute atomic E-state index is 0.153. The van der Waals surface area contributed by atoms with Crippen molar-refractivity contribution in [3.8, 4) is 5.75 Å². The highest BCUT2D eigenvalue weighted by molar-refractivity contribution is 6.13. The number of ketones is 1. The number of benzene rings is 2. The quantitative estimate of drug-likeness (QED) is 0.455. The number of Topliss-reactive ketones (excluding diaryl/α,β-unsaturated/α-hetero) is 1. The number of carbonyl (C=O) groups excluding carboxylic acids is 3. The molecular weight excluding hydrogens is 458 g/mol. The van der Waals surface area contributed by atoms with Gasteiger partial charge in [0, 0.05) is 28.8 Å². The predicted molar refractivity (Wildman–Crippen MR) is 134 cm³/mol. The first-order valence-corrected chi connectivity index (χ1v) is 12.2. The summed E-state index contributed by atoms with van der Waals surface area (Å²) in [5, 5.41) is 3.31. The maximum absolute atomic E-state index is 14.3. The van der Waals surface area contributed by atoms with Crippen LogP contribution in [-0.4, -0.2) is 38.0 Å². The third kappa shape index (κ3) is 4.53. The molecule has 0 amide bonds. The van der Waals surface area contributed by atoms with Crippen molar-refractivity contribution < 1.29 is 28.6 Å². The lowest BCUT2D eigenvalue weighted by molar-refractivity contribution is -0.152. The molecule has 0 unspecified atom stereocenters. The SMILES string of the molecule is CCOC(=O)C1=C(C)NC2=C(C(=O)[C@H](C(=O)OCC)[C@@H](c3ccccc3OC)C2)[C@@H]1c1ccccc1. The van der Waals surface area contributed by atoms with Gasteiger partial charge in [0.2, 0.25) is 0 Å². The highest BCUT2D eigenvalue weighted by atomic mass is 16.5. The van der Waals surface area contributed by atoms with E-state index in [1.54, 1.807) is 21.0 Å². The van der Waals surface area contributed by atoms with Crippen molar-refractivity contribution >= 4 is 17.7 Å². The molecule has 0 spiro atoms. The Bertz CT molecular complexity index is 1230. The number of esters is 2. The summed E-state index contributed by atoms with van der Waals surface area (Å²) < 4.78 is 16.3. The summed E-state index contributed by atoms with van der Waals surface area (Å²) in [6, 6.07) is 16.8. The van der Waals surface area contributed by atoms with E-state index < -0.39 is 29.7 Å². The van der Waals surface area contributed by atoms with Crippen LogP contribution in [-0.2, 0) is 23.9 Å². The highest BCUT2D eigenvalue weighted by Crippen LogP contribution is 2.49. The van der Waals surface area contributed by atoms with Gasteiger partial charge in [0.15, 0.2) is 5.78 Å². The Kier molecular flexibility index (Phi) is 7.58. The maximum Gasteiger partial charge on any atom is 0.336 e. The van der Waals surface area contributed by atoms with Gasteiger partial charge in [0.1, 0.15) is 11.7 Å². The second-order valence-corrected chi connectivity index (χ2v) is 8.77. The van der Waals surface area contributed by atoms with Gasteiger partial charge in [-0.2, -0.15) is 0 Å². The molecule has 2 aliphatic rings. The van der Waals surface area contributed by atoms with E-state index in [9.17, 15) is 14.4 Å². The van der Waals surface area contributed by atoms with Crippen LogP contribution in [0.1, 0.15) is 50.2 Å². The number of rotatable bonds is 7. The molecule has 1 N–H and O–H groups in total. The molecule has 0 fully saturated rings. The molecular formula is C29H31NO6. The lowest BCUT2D eigenvalue weighted by atomic mass is 9.67. The Morgan fingerprint density at radius 2 is 1.64 bits per heavy atom. The number of hydrogen-bond acceptors (Lipinski definition) is 7. The standard InChI is InChI=1S/C29H31NO6/c1-5-35-28(32)23-17(3)30-21-16-20(19-14-10-11-15-22(19)34-4)25(29(33)36-6-2)27(31)26(21)24(23)18-12-8-7-9-13-18/h7-15,20,24-25,30H,5-6,16H2,1-4H3/t20-,24-,25-/m1/s1. The van der Waals surface area contributed by atoms with Crippen LogP contribution in [0.4, 0.5) is 0 Å². The summed E-state index contributed by atoms with van der Waals surface area (Å²) in [5.41, 5.74) is 3.63. The molecule has 36 heavy (non-hydrogen) atoms. The number of nitrogens with one attached hydrogen (secondary N) is 1. The summed E-state index contributed by atoms with van der Waals surface area (Å²) in [5.74, 6) is -3.06.